The average molecular weight is 344 g/mol. The first kappa shape index (κ1) is 17.8. The molecule has 0 spiro atoms. The Kier molecular flexibility index (Phi) is 5.63. The van der Waals surface area contributed by atoms with E-state index in [0.29, 0.717) is 5.56 Å². The van der Waals surface area contributed by atoms with Gasteiger partial charge in [-0.3, -0.25) is 4.79 Å². The summed E-state index contributed by atoms with van der Waals surface area (Å²) >= 11 is 0. The molecule has 118 valence electrons. The number of carbonyl (C=O) groups is 1. The minimum Gasteiger partial charge on any atom is -0.352 e. The van der Waals surface area contributed by atoms with Crippen LogP contribution in [0.1, 0.15) is 28.8 Å². The third kappa shape index (κ3) is 5.92. The molecule has 21 heavy (non-hydrogen) atoms. The number of aryl methyl sites for hydroxylation is 1. The molecular weight excluding hydrogens is 331 g/mol. The van der Waals surface area contributed by atoms with Crippen LogP contribution in [0.2, 0.25) is 0 Å². The Morgan fingerprint density at radius 1 is 1.33 bits per heavy atom. The molecule has 0 aromatic heterocycles. The van der Waals surface area contributed by atoms with E-state index in [1.165, 1.54) is 12.1 Å². The maximum atomic E-state index is 12.0. The molecule has 1 aromatic carbocycles. The summed E-state index contributed by atoms with van der Waals surface area (Å²) in [5.41, 5.74) is 0.552. The lowest BCUT2D eigenvalue weighted by atomic mass is 10.1. The zero-order valence-electron chi connectivity index (χ0n) is 11.0. The van der Waals surface area contributed by atoms with Crippen molar-refractivity contribution in [3.05, 3.63) is 29.3 Å². The number of hydrogen-bond donors (Lipinski definition) is 1. The smallest absolute Gasteiger partial charge is 0.352 e. The SMILES string of the molecule is Cc1ccc(S(=O)(=O)Cl)cc1C(=O)NCCCC(F)(F)F. The van der Waals surface area contributed by atoms with Gasteiger partial charge in [-0.15, -0.1) is 0 Å². The fourth-order valence-corrected chi connectivity index (χ4v) is 2.36. The zero-order valence-corrected chi connectivity index (χ0v) is 12.6. The highest BCUT2D eigenvalue weighted by Gasteiger charge is 2.26. The molecule has 0 unspecified atom stereocenters. The van der Waals surface area contributed by atoms with E-state index in [4.69, 9.17) is 10.7 Å². The zero-order chi connectivity index (χ0) is 16.3. The first-order valence-electron chi connectivity index (χ1n) is 5.91. The number of halogens is 4. The normalized spacial score (nSPS) is 12.2. The summed E-state index contributed by atoms with van der Waals surface area (Å²) in [7, 11) is 1.20. The molecule has 1 rings (SSSR count). The molecular formula is C12H13ClF3NO3S. The Morgan fingerprint density at radius 3 is 2.48 bits per heavy atom. The van der Waals surface area contributed by atoms with Gasteiger partial charge in [-0.25, -0.2) is 8.42 Å². The van der Waals surface area contributed by atoms with Crippen LogP contribution < -0.4 is 5.32 Å². The van der Waals surface area contributed by atoms with E-state index >= 15 is 0 Å². The lowest BCUT2D eigenvalue weighted by molar-refractivity contribution is -0.135. The topological polar surface area (TPSA) is 63.2 Å². The van der Waals surface area contributed by atoms with Gasteiger partial charge >= 0.3 is 6.18 Å². The van der Waals surface area contributed by atoms with Gasteiger partial charge in [-0.05, 0) is 31.0 Å². The van der Waals surface area contributed by atoms with Crippen molar-refractivity contribution < 1.29 is 26.4 Å². The van der Waals surface area contributed by atoms with Crippen molar-refractivity contribution in [3.8, 4) is 0 Å². The predicted octanol–water partition coefficient (Wildman–Crippen LogP) is 2.99. The van der Waals surface area contributed by atoms with E-state index in [2.05, 4.69) is 5.32 Å². The molecule has 0 aliphatic heterocycles. The van der Waals surface area contributed by atoms with Gasteiger partial charge in [0.15, 0.2) is 0 Å². The van der Waals surface area contributed by atoms with E-state index in [-0.39, 0.29) is 23.4 Å². The van der Waals surface area contributed by atoms with Crippen LogP contribution >= 0.6 is 10.7 Å². The summed E-state index contributed by atoms with van der Waals surface area (Å²) in [5.74, 6) is -0.642. The summed E-state index contributed by atoms with van der Waals surface area (Å²) in [6.07, 6.45) is -5.52. The van der Waals surface area contributed by atoms with Crippen molar-refractivity contribution in [2.45, 2.75) is 30.8 Å². The molecule has 0 aliphatic rings. The number of rotatable bonds is 5. The largest absolute Gasteiger partial charge is 0.389 e. The van der Waals surface area contributed by atoms with E-state index in [9.17, 15) is 26.4 Å². The molecule has 0 saturated heterocycles. The third-order valence-corrected chi connectivity index (χ3v) is 4.01. The van der Waals surface area contributed by atoms with Crippen molar-refractivity contribution in [1.29, 1.82) is 0 Å². The molecule has 0 fully saturated rings. The van der Waals surface area contributed by atoms with Crippen LogP contribution in [-0.4, -0.2) is 27.0 Å². The highest BCUT2D eigenvalue weighted by molar-refractivity contribution is 8.13. The van der Waals surface area contributed by atoms with Crippen LogP contribution in [0, 0.1) is 6.92 Å². The van der Waals surface area contributed by atoms with Crippen molar-refractivity contribution >= 4 is 25.6 Å². The first-order valence-corrected chi connectivity index (χ1v) is 8.22. The summed E-state index contributed by atoms with van der Waals surface area (Å²) < 4.78 is 58.3. The molecule has 1 amide bonds. The predicted molar refractivity (Wildman–Crippen MR) is 71.8 cm³/mol. The van der Waals surface area contributed by atoms with Gasteiger partial charge in [0, 0.05) is 29.2 Å². The van der Waals surface area contributed by atoms with Gasteiger partial charge in [0.2, 0.25) is 0 Å². The maximum absolute atomic E-state index is 12.0. The van der Waals surface area contributed by atoms with Gasteiger partial charge < -0.3 is 5.32 Å². The molecule has 0 atom stereocenters. The van der Waals surface area contributed by atoms with Crippen molar-refractivity contribution in [2.75, 3.05) is 6.54 Å². The Hall–Kier alpha value is -1.28. The first-order chi connectivity index (χ1) is 9.50. The lowest BCUT2D eigenvalue weighted by Gasteiger charge is -2.10. The van der Waals surface area contributed by atoms with Crippen molar-refractivity contribution in [1.82, 2.24) is 5.32 Å². The molecule has 1 N–H and O–H groups in total. The number of alkyl halides is 3. The second-order valence-corrected chi connectivity index (χ2v) is 6.96. The number of carbonyl (C=O) groups excluding carboxylic acids is 1. The molecule has 0 bridgehead atoms. The Bertz CT molecular complexity index is 629. The maximum Gasteiger partial charge on any atom is 0.389 e. The number of amides is 1. The summed E-state index contributed by atoms with van der Waals surface area (Å²) in [4.78, 5) is 11.6. The van der Waals surface area contributed by atoms with Crippen LogP contribution in [0.5, 0.6) is 0 Å². The summed E-state index contributed by atoms with van der Waals surface area (Å²) in [6, 6.07) is 3.74. The Balaban J connectivity index is 2.74. The van der Waals surface area contributed by atoms with E-state index in [1.807, 2.05) is 0 Å². The molecule has 9 heteroatoms. The fourth-order valence-electron chi connectivity index (χ4n) is 1.58. The lowest BCUT2D eigenvalue weighted by Crippen LogP contribution is -2.26. The van der Waals surface area contributed by atoms with Crippen LogP contribution in [0.4, 0.5) is 13.2 Å². The number of hydrogen-bond acceptors (Lipinski definition) is 3. The van der Waals surface area contributed by atoms with Crippen molar-refractivity contribution in [3.63, 3.8) is 0 Å². The molecule has 0 radical (unpaired) electrons. The minimum atomic E-state index is -4.27. The van der Waals surface area contributed by atoms with Crippen molar-refractivity contribution in [2.24, 2.45) is 0 Å². The van der Waals surface area contributed by atoms with Crippen LogP contribution in [-0.2, 0) is 9.05 Å². The highest BCUT2D eigenvalue weighted by atomic mass is 35.7. The van der Waals surface area contributed by atoms with E-state index in [0.717, 1.165) is 6.07 Å². The van der Waals surface area contributed by atoms with Gasteiger partial charge in [-0.2, -0.15) is 13.2 Å². The van der Waals surface area contributed by atoms with Gasteiger partial charge in [0.1, 0.15) is 0 Å². The van der Waals surface area contributed by atoms with Gasteiger partial charge in [0.05, 0.1) is 4.90 Å². The third-order valence-electron chi connectivity index (χ3n) is 2.66. The second-order valence-electron chi connectivity index (χ2n) is 4.39. The molecule has 1 aromatic rings. The van der Waals surface area contributed by atoms with E-state index in [1.54, 1.807) is 6.92 Å². The molecule has 4 nitrogen and oxygen atoms in total. The standard InChI is InChI=1S/C12H13ClF3NO3S/c1-8-3-4-9(21(13,19)20)7-10(8)11(18)17-6-2-5-12(14,15)16/h3-4,7H,2,5-6H2,1H3,(H,17,18). The Labute approximate surface area is 124 Å². The quantitative estimate of drug-likeness (QED) is 0.660. The number of nitrogens with one attached hydrogen (secondary N) is 1. The second kappa shape index (κ2) is 6.65. The molecule has 0 heterocycles. The van der Waals surface area contributed by atoms with Gasteiger partial charge in [0.25, 0.3) is 15.0 Å². The summed E-state index contributed by atoms with van der Waals surface area (Å²) in [6.45, 7) is 1.42. The monoisotopic (exact) mass is 343 g/mol. The molecule has 0 aliphatic carbocycles. The summed E-state index contributed by atoms with van der Waals surface area (Å²) in [5, 5.41) is 2.31. The fraction of sp³-hybridized carbons (Fsp3) is 0.417. The highest BCUT2D eigenvalue weighted by Crippen LogP contribution is 2.21. The molecule has 0 saturated carbocycles. The minimum absolute atomic E-state index is 0.0590. The van der Waals surface area contributed by atoms with E-state index < -0.39 is 27.6 Å². The van der Waals surface area contributed by atoms with Crippen LogP contribution in [0.3, 0.4) is 0 Å². The Morgan fingerprint density at radius 2 is 1.95 bits per heavy atom. The van der Waals surface area contributed by atoms with Crippen LogP contribution in [0.25, 0.3) is 0 Å². The van der Waals surface area contributed by atoms with Gasteiger partial charge in [-0.1, -0.05) is 6.07 Å². The average Bonchev–Trinajstić information content (AvgIpc) is 2.32. The number of benzene rings is 1. The van der Waals surface area contributed by atoms with Crippen LogP contribution in [0.15, 0.2) is 23.1 Å².